The Hall–Kier alpha value is -2.10. The lowest BCUT2D eigenvalue weighted by Crippen LogP contribution is -2.17. The normalized spacial score (nSPS) is 10.3. The van der Waals surface area contributed by atoms with Gasteiger partial charge in [0.05, 0.1) is 12.2 Å². The van der Waals surface area contributed by atoms with Crippen LogP contribution in [0.1, 0.15) is 19.0 Å². The van der Waals surface area contributed by atoms with Crippen LogP contribution in [0.3, 0.4) is 0 Å². The lowest BCUT2D eigenvalue weighted by molar-refractivity contribution is 0.627. The number of nitrogens with zero attached hydrogens (tertiary/aromatic N) is 2. The van der Waals surface area contributed by atoms with Gasteiger partial charge in [0.1, 0.15) is 5.82 Å². The van der Waals surface area contributed by atoms with Crippen LogP contribution in [0.15, 0.2) is 42.6 Å². The van der Waals surface area contributed by atoms with Gasteiger partial charge >= 0.3 is 0 Å². The maximum atomic E-state index is 13.2. The highest BCUT2D eigenvalue weighted by Crippen LogP contribution is 2.17. The Bertz CT molecular complexity index is 557. The Morgan fingerprint density at radius 3 is 2.85 bits per heavy atom. The van der Waals surface area contributed by atoms with Crippen LogP contribution in [0.25, 0.3) is 0 Å². The van der Waals surface area contributed by atoms with Gasteiger partial charge in [0, 0.05) is 31.2 Å². The molecular formula is C16H20FN3. The second kappa shape index (κ2) is 6.89. The third-order valence-electron chi connectivity index (χ3n) is 3.04. The Balaban J connectivity index is 2.05. The average Bonchev–Trinajstić information content (AvgIpc) is 2.45. The molecule has 0 bridgehead atoms. The highest BCUT2D eigenvalue weighted by Gasteiger charge is 2.05. The van der Waals surface area contributed by atoms with Crippen molar-refractivity contribution >= 4 is 11.4 Å². The molecule has 0 fully saturated rings. The summed E-state index contributed by atoms with van der Waals surface area (Å²) in [4.78, 5) is 6.34. The Morgan fingerprint density at radius 1 is 1.25 bits per heavy atom. The minimum atomic E-state index is -0.222. The van der Waals surface area contributed by atoms with Gasteiger partial charge in [-0.15, -0.1) is 0 Å². The number of halogens is 1. The molecule has 1 aromatic carbocycles. The summed E-state index contributed by atoms with van der Waals surface area (Å²) in [5.41, 5.74) is 2.88. The van der Waals surface area contributed by atoms with Gasteiger partial charge in [0.25, 0.3) is 0 Å². The van der Waals surface area contributed by atoms with Gasteiger partial charge in [-0.2, -0.15) is 0 Å². The number of aromatic nitrogens is 1. The molecule has 0 amide bonds. The Labute approximate surface area is 119 Å². The highest BCUT2D eigenvalue weighted by atomic mass is 19.1. The van der Waals surface area contributed by atoms with Crippen LogP contribution in [0.2, 0.25) is 0 Å². The molecule has 1 heterocycles. The average molecular weight is 273 g/mol. The van der Waals surface area contributed by atoms with E-state index in [-0.39, 0.29) is 5.82 Å². The second-order valence-electron chi connectivity index (χ2n) is 4.80. The third kappa shape index (κ3) is 3.95. The first-order valence-corrected chi connectivity index (χ1v) is 6.84. The van der Waals surface area contributed by atoms with Crippen molar-refractivity contribution in [3.8, 4) is 0 Å². The van der Waals surface area contributed by atoms with E-state index in [9.17, 15) is 4.39 Å². The van der Waals surface area contributed by atoms with Crippen LogP contribution in [0.5, 0.6) is 0 Å². The van der Waals surface area contributed by atoms with Crippen molar-refractivity contribution in [2.45, 2.75) is 19.9 Å². The lowest BCUT2D eigenvalue weighted by atomic mass is 10.2. The van der Waals surface area contributed by atoms with Crippen molar-refractivity contribution in [1.82, 2.24) is 4.98 Å². The summed E-state index contributed by atoms with van der Waals surface area (Å²) in [5.74, 6) is -0.222. The fourth-order valence-electron chi connectivity index (χ4n) is 1.99. The molecule has 20 heavy (non-hydrogen) atoms. The van der Waals surface area contributed by atoms with Gasteiger partial charge in [0.15, 0.2) is 0 Å². The van der Waals surface area contributed by atoms with E-state index >= 15 is 0 Å². The largest absolute Gasteiger partial charge is 0.385 e. The topological polar surface area (TPSA) is 28.2 Å². The molecule has 0 aliphatic carbocycles. The SMILES string of the molecule is CCCNc1ccnc(CN(C)c2cccc(F)c2)c1. The number of pyridine rings is 1. The van der Waals surface area contributed by atoms with E-state index in [1.54, 1.807) is 12.3 Å². The zero-order chi connectivity index (χ0) is 14.4. The minimum Gasteiger partial charge on any atom is -0.385 e. The highest BCUT2D eigenvalue weighted by molar-refractivity contribution is 5.48. The molecule has 1 N–H and O–H groups in total. The fourth-order valence-corrected chi connectivity index (χ4v) is 1.99. The molecule has 0 saturated heterocycles. The van der Waals surface area contributed by atoms with Crippen LogP contribution in [-0.2, 0) is 6.54 Å². The molecular weight excluding hydrogens is 253 g/mol. The molecule has 3 nitrogen and oxygen atoms in total. The molecule has 2 rings (SSSR count). The van der Waals surface area contributed by atoms with Crippen LogP contribution in [-0.4, -0.2) is 18.6 Å². The summed E-state index contributed by atoms with van der Waals surface area (Å²) < 4.78 is 13.2. The van der Waals surface area contributed by atoms with Crippen LogP contribution in [0, 0.1) is 5.82 Å². The number of benzene rings is 1. The number of anilines is 2. The maximum Gasteiger partial charge on any atom is 0.125 e. The molecule has 0 aliphatic heterocycles. The molecule has 0 atom stereocenters. The maximum absolute atomic E-state index is 13.2. The van der Waals surface area contributed by atoms with Gasteiger partial charge < -0.3 is 10.2 Å². The number of rotatable bonds is 6. The van der Waals surface area contributed by atoms with Crippen LogP contribution in [0.4, 0.5) is 15.8 Å². The van der Waals surface area contributed by atoms with Crippen LogP contribution >= 0.6 is 0 Å². The summed E-state index contributed by atoms with van der Waals surface area (Å²) >= 11 is 0. The molecule has 1 aromatic heterocycles. The molecule has 0 spiro atoms. The fraction of sp³-hybridized carbons (Fsp3) is 0.312. The number of nitrogens with one attached hydrogen (secondary N) is 1. The number of hydrogen-bond acceptors (Lipinski definition) is 3. The first-order valence-electron chi connectivity index (χ1n) is 6.84. The van der Waals surface area contributed by atoms with E-state index in [2.05, 4.69) is 17.2 Å². The summed E-state index contributed by atoms with van der Waals surface area (Å²) in [6.45, 7) is 3.72. The van der Waals surface area contributed by atoms with Crippen LogP contribution < -0.4 is 10.2 Å². The van der Waals surface area contributed by atoms with E-state index in [1.807, 2.05) is 30.1 Å². The molecule has 106 valence electrons. The molecule has 0 saturated carbocycles. The first-order chi connectivity index (χ1) is 9.69. The van der Waals surface area contributed by atoms with E-state index in [0.29, 0.717) is 6.54 Å². The summed E-state index contributed by atoms with van der Waals surface area (Å²) in [5, 5.41) is 3.34. The van der Waals surface area contributed by atoms with Crippen molar-refractivity contribution in [2.24, 2.45) is 0 Å². The zero-order valence-electron chi connectivity index (χ0n) is 11.9. The smallest absolute Gasteiger partial charge is 0.125 e. The van der Waals surface area contributed by atoms with E-state index < -0.39 is 0 Å². The van der Waals surface area contributed by atoms with E-state index in [1.165, 1.54) is 12.1 Å². The van der Waals surface area contributed by atoms with Crippen molar-refractivity contribution in [3.63, 3.8) is 0 Å². The molecule has 0 aliphatic rings. The molecule has 2 aromatic rings. The Morgan fingerprint density at radius 2 is 2.10 bits per heavy atom. The third-order valence-corrected chi connectivity index (χ3v) is 3.04. The standard InChI is InChI=1S/C16H20FN3/c1-3-8-18-14-7-9-19-15(11-14)12-20(2)16-6-4-5-13(17)10-16/h4-7,9-11H,3,8,12H2,1-2H3,(H,18,19). The predicted molar refractivity (Wildman–Crippen MR) is 81.5 cm³/mol. The van der Waals surface area contributed by atoms with Gasteiger partial charge in [-0.3, -0.25) is 4.98 Å². The van der Waals surface area contributed by atoms with Gasteiger partial charge in [-0.1, -0.05) is 13.0 Å². The minimum absolute atomic E-state index is 0.222. The summed E-state index contributed by atoms with van der Waals surface area (Å²) in [6.07, 6.45) is 2.88. The van der Waals surface area contributed by atoms with E-state index in [4.69, 9.17) is 0 Å². The van der Waals surface area contributed by atoms with Crippen molar-refractivity contribution in [2.75, 3.05) is 23.8 Å². The van der Waals surface area contributed by atoms with Gasteiger partial charge in [0.2, 0.25) is 0 Å². The Kier molecular flexibility index (Phi) is 4.93. The summed E-state index contributed by atoms with van der Waals surface area (Å²) in [7, 11) is 1.93. The van der Waals surface area contributed by atoms with Crippen molar-refractivity contribution < 1.29 is 4.39 Å². The molecule has 0 radical (unpaired) electrons. The van der Waals surface area contributed by atoms with Gasteiger partial charge in [-0.25, -0.2) is 4.39 Å². The lowest BCUT2D eigenvalue weighted by Gasteiger charge is -2.19. The molecule has 0 unspecified atom stereocenters. The monoisotopic (exact) mass is 273 g/mol. The van der Waals surface area contributed by atoms with Gasteiger partial charge in [-0.05, 0) is 36.8 Å². The van der Waals surface area contributed by atoms with Crippen molar-refractivity contribution in [3.05, 3.63) is 54.1 Å². The number of hydrogen-bond donors (Lipinski definition) is 1. The second-order valence-corrected chi connectivity index (χ2v) is 4.80. The van der Waals surface area contributed by atoms with E-state index in [0.717, 1.165) is 30.0 Å². The quantitative estimate of drug-likeness (QED) is 0.870. The zero-order valence-corrected chi connectivity index (χ0v) is 11.9. The first kappa shape index (κ1) is 14.3. The summed E-state index contributed by atoms with van der Waals surface area (Å²) in [6, 6.07) is 10.6. The predicted octanol–water partition coefficient (Wildman–Crippen LogP) is 3.68. The van der Waals surface area contributed by atoms with Crippen molar-refractivity contribution in [1.29, 1.82) is 0 Å². The molecule has 4 heteroatoms.